The normalized spacial score (nSPS) is 15.5. The molecule has 3 rings (SSSR count). The molecule has 0 bridgehead atoms. The Morgan fingerprint density at radius 3 is 2.58 bits per heavy atom. The SMILES string of the molecule is COc1cccc([C@H](CNC(=O)Nc2ccc(C)cc2)N2CCCC2)c1. The molecule has 1 aliphatic rings. The number of carbonyl (C=O) groups excluding carboxylic acids is 1. The summed E-state index contributed by atoms with van der Waals surface area (Å²) in [5.74, 6) is 0.843. The number of rotatable bonds is 6. The van der Waals surface area contributed by atoms with E-state index in [1.54, 1.807) is 7.11 Å². The van der Waals surface area contributed by atoms with Crippen LogP contribution in [0.1, 0.15) is 30.0 Å². The van der Waals surface area contributed by atoms with Crippen molar-refractivity contribution in [2.24, 2.45) is 0 Å². The summed E-state index contributed by atoms with van der Waals surface area (Å²) < 4.78 is 5.36. The van der Waals surface area contributed by atoms with Gasteiger partial charge in [0, 0.05) is 12.2 Å². The van der Waals surface area contributed by atoms with Gasteiger partial charge in [0.1, 0.15) is 5.75 Å². The second-order valence-corrected chi connectivity index (χ2v) is 6.74. The van der Waals surface area contributed by atoms with E-state index in [2.05, 4.69) is 27.7 Å². The fraction of sp³-hybridized carbons (Fsp3) is 0.381. The summed E-state index contributed by atoms with van der Waals surface area (Å²) in [6.45, 7) is 4.70. The first kappa shape index (κ1) is 18.3. The van der Waals surface area contributed by atoms with Crippen LogP contribution in [-0.2, 0) is 0 Å². The van der Waals surface area contributed by atoms with E-state index in [0.717, 1.165) is 24.5 Å². The Bertz CT molecular complexity index is 724. The van der Waals surface area contributed by atoms with Crippen molar-refractivity contribution in [2.45, 2.75) is 25.8 Å². The minimum absolute atomic E-state index is 0.149. The summed E-state index contributed by atoms with van der Waals surface area (Å²) in [5.41, 5.74) is 3.14. The van der Waals surface area contributed by atoms with Gasteiger partial charge in [0.05, 0.1) is 13.2 Å². The van der Waals surface area contributed by atoms with Crippen LogP contribution in [0.5, 0.6) is 5.75 Å². The summed E-state index contributed by atoms with van der Waals surface area (Å²) in [5, 5.41) is 5.92. The Labute approximate surface area is 155 Å². The number of anilines is 1. The van der Waals surface area contributed by atoms with E-state index in [4.69, 9.17) is 4.74 Å². The van der Waals surface area contributed by atoms with Crippen molar-refractivity contribution < 1.29 is 9.53 Å². The van der Waals surface area contributed by atoms with Crippen LogP contribution in [0.25, 0.3) is 0 Å². The minimum Gasteiger partial charge on any atom is -0.497 e. The fourth-order valence-electron chi connectivity index (χ4n) is 3.36. The molecule has 0 spiro atoms. The molecule has 5 heteroatoms. The van der Waals surface area contributed by atoms with E-state index < -0.39 is 0 Å². The van der Waals surface area contributed by atoms with Gasteiger partial charge in [0.15, 0.2) is 0 Å². The third-order valence-electron chi connectivity index (χ3n) is 4.83. The Kier molecular flexibility index (Phi) is 6.12. The van der Waals surface area contributed by atoms with Gasteiger partial charge in [-0.1, -0.05) is 29.8 Å². The number of nitrogens with zero attached hydrogens (tertiary/aromatic N) is 1. The molecule has 0 aliphatic carbocycles. The Morgan fingerprint density at radius 2 is 1.88 bits per heavy atom. The van der Waals surface area contributed by atoms with Crippen molar-refractivity contribution in [3.8, 4) is 5.75 Å². The molecule has 138 valence electrons. The van der Waals surface area contributed by atoms with Gasteiger partial charge in [-0.25, -0.2) is 4.79 Å². The number of urea groups is 1. The first-order chi connectivity index (χ1) is 12.7. The van der Waals surface area contributed by atoms with Gasteiger partial charge in [-0.2, -0.15) is 0 Å². The van der Waals surface area contributed by atoms with Crippen LogP contribution >= 0.6 is 0 Å². The number of benzene rings is 2. The topological polar surface area (TPSA) is 53.6 Å². The van der Waals surface area contributed by atoms with Crippen molar-refractivity contribution in [2.75, 3.05) is 32.1 Å². The first-order valence-corrected chi connectivity index (χ1v) is 9.15. The minimum atomic E-state index is -0.180. The van der Waals surface area contributed by atoms with E-state index in [1.165, 1.54) is 24.0 Å². The quantitative estimate of drug-likeness (QED) is 0.826. The summed E-state index contributed by atoms with van der Waals surface area (Å²) in [6.07, 6.45) is 2.41. The molecule has 26 heavy (non-hydrogen) atoms. The van der Waals surface area contributed by atoms with Gasteiger partial charge in [-0.05, 0) is 62.7 Å². The number of hydrogen-bond acceptors (Lipinski definition) is 3. The molecule has 2 aromatic carbocycles. The van der Waals surface area contributed by atoms with E-state index in [1.807, 2.05) is 43.3 Å². The maximum absolute atomic E-state index is 12.3. The number of nitrogens with one attached hydrogen (secondary N) is 2. The van der Waals surface area contributed by atoms with Crippen molar-refractivity contribution in [3.63, 3.8) is 0 Å². The Hall–Kier alpha value is -2.53. The summed E-state index contributed by atoms with van der Waals surface area (Å²) in [7, 11) is 1.68. The van der Waals surface area contributed by atoms with Gasteiger partial charge in [-0.15, -0.1) is 0 Å². The molecule has 1 atom stereocenters. The maximum atomic E-state index is 12.3. The molecule has 2 aromatic rings. The van der Waals surface area contributed by atoms with Crippen molar-refractivity contribution in [3.05, 3.63) is 59.7 Å². The smallest absolute Gasteiger partial charge is 0.319 e. The molecule has 0 aromatic heterocycles. The van der Waals surface area contributed by atoms with Gasteiger partial charge < -0.3 is 15.4 Å². The highest BCUT2D eigenvalue weighted by atomic mass is 16.5. The number of methoxy groups -OCH3 is 1. The van der Waals surface area contributed by atoms with Crippen LogP contribution < -0.4 is 15.4 Å². The van der Waals surface area contributed by atoms with E-state index in [-0.39, 0.29) is 12.1 Å². The zero-order valence-electron chi connectivity index (χ0n) is 15.5. The number of carbonyl (C=O) groups is 1. The number of aryl methyl sites for hydroxylation is 1. The number of amides is 2. The van der Waals surface area contributed by atoms with Crippen LogP contribution in [0, 0.1) is 6.92 Å². The molecule has 2 amide bonds. The van der Waals surface area contributed by atoms with E-state index >= 15 is 0 Å². The average molecular weight is 353 g/mol. The Morgan fingerprint density at radius 1 is 1.15 bits per heavy atom. The van der Waals surface area contributed by atoms with Crippen LogP contribution in [-0.4, -0.2) is 37.7 Å². The highest BCUT2D eigenvalue weighted by Gasteiger charge is 2.24. The molecule has 5 nitrogen and oxygen atoms in total. The second kappa shape index (κ2) is 8.72. The largest absolute Gasteiger partial charge is 0.497 e. The number of likely N-dealkylation sites (tertiary alicyclic amines) is 1. The van der Waals surface area contributed by atoms with Gasteiger partial charge in [-0.3, -0.25) is 4.90 Å². The maximum Gasteiger partial charge on any atom is 0.319 e. The van der Waals surface area contributed by atoms with Gasteiger partial charge in [0.25, 0.3) is 0 Å². The zero-order valence-corrected chi connectivity index (χ0v) is 15.5. The van der Waals surface area contributed by atoms with Gasteiger partial charge in [0.2, 0.25) is 0 Å². The van der Waals surface area contributed by atoms with E-state index in [0.29, 0.717) is 6.54 Å². The monoisotopic (exact) mass is 353 g/mol. The molecule has 1 fully saturated rings. The van der Waals surface area contributed by atoms with Gasteiger partial charge >= 0.3 is 6.03 Å². The third kappa shape index (κ3) is 4.76. The lowest BCUT2D eigenvalue weighted by Gasteiger charge is -2.28. The van der Waals surface area contributed by atoms with E-state index in [9.17, 15) is 4.79 Å². The summed E-state index contributed by atoms with van der Waals surface area (Å²) in [4.78, 5) is 14.7. The predicted octanol–water partition coefficient (Wildman–Crippen LogP) is 3.96. The zero-order chi connectivity index (χ0) is 18.4. The molecule has 1 saturated heterocycles. The van der Waals surface area contributed by atoms with Crippen molar-refractivity contribution >= 4 is 11.7 Å². The average Bonchev–Trinajstić information content (AvgIpc) is 3.18. The lowest BCUT2D eigenvalue weighted by molar-refractivity contribution is 0.227. The lowest BCUT2D eigenvalue weighted by atomic mass is 10.1. The molecule has 1 heterocycles. The summed E-state index contributed by atoms with van der Waals surface area (Å²) in [6, 6.07) is 15.9. The Balaban J connectivity index is 1.65. The highest BCUT2D eigenvalue weighted by Crippen LogP contribution is 2.27. The first-order valence-electron chi connectivity index (χ1n) is 9.15. The fourth-order valence-corrected chi connectivity index (χ4v) is 3.36. The number of hydrogen-bond donors (Lipinski definition) is 2. The summed E-state index contributed by atoms with van der Waals surface area (Å²) >= 11 is 0. The van der Waals surface area contributed by atoms with Crippen LogP contribution in [0.15, 0.2) is 48.5 Å². The lowest BCUT2D eigenvalue weighted by Crippen LogP contribution is -2.38. The molecular formula is C21H27N3O2. The molecule has 2 N–H and O–H groups in total. The van der Waals surface area contributed by atoms with Crippen molar-refractivity contribution in [1.29, 1.82) is 0 Å². The predicted molar refractivity (Wildman–Crippen MR) is 105 cm³/mol. The standard InChI is InChI=1S/C21H27N3O2/c1-16-8-10-18(11-9-16)23-21(25)22-15-20(24-12-3-4-13-24)17-6-5-7-19(14-17)26-2/h5-11,14,20H,3-4,12-13,15H2,1-2H3,(H2,22,23,25)/t20-/m0/s1. The molecular weight excluding hydrogens is 326 g/mol. The third-order valence-corrected chi connectivity index (χ3v) is 4.83. The molecule has 0 unspecified atom stereocenters. The molecule has 1 aliphatic heterocycles. The number of ether oxygens (including phenoxy) is 1. The van der Waals surface area contributed by atoms with Crippen LogP contribution in [0.4, 0.5) is 10.5 Å². The van der Waals surface area contributed by atoms with Crippen LogP contribution in [0.3, 0.4) is 0 Å². The molecule has 0 radical (unpaired) electrons. The highest BCUT2D eigenvalue weighted by molar-refractivity contribution is 5.89. The van der Waals surface area contributed by atoms with Crippen LogP contribution in [0.2, 0.25) is 0 Å². The second-order valence-electron chi connectivity index (χ2n) is 6.74. The van der Waals surface area contributed by atoms with Crippen molar-refractivity contribution in [1.82, 2.24) is 10.2 Å². The molecule has 0 saturated carbocycles.